The normalized spacial score (nSPS) is 10.6. The third kappa shape index (κ3) is 2.09. The summed E-state index contributed by atoms with van der Waals surface area (Å²) in [5, 5.41) is 10.3. The van der Waals surface area contributed by atoms with E-state index in [9.17, 15) is 13.6 Å². The topological polar surface area (TPSA) is 67.5 Å². The second-order valence-corrected chi connectivity index (χ2v) is 5.34. The van der Waals surface area contributed by atoms with Crippen LogP contribution in [-0.2, 0) is 19.9 Å². The average Bonchev–Trinajstić information content (AvgIpc) is 2.51. The fourth-order valence-electron chi connectivity index (χ4n) is 2.01. The van der Waals surface area contributed by atoms with Crippen LogP contribution in [-0.4, -0.2) is 5.11 Å². The number of hydrogen-bond acceptors (Lipinski definition) is 4. The van der Waals surface area contributed by atoms with Crippen LogP contribution in [0.15, 0.2) is 57.7 Å². The van der Waals surface area contributed by atoms with Crippen molar-refractivity contribution in [2.75, 3.05) is 0 Å². The fourth-order valence-corrected chi connectivity index (χ4v) is 2.49. The van der Waals surface area contributed by atoms with Gasteiger partial charge in [-0.25, -0.2) is 0 Å². The van der Waals surface area contributed by atoms with Crippen LogP contribution in [0, 0.1) is 0 Å². The van der Waals surface area contributed by atoms with Crippen LogP contribution >= 0.6 is 0 Å². The summed E-state index contributed by atoms with van der Waals surface area (Å²) in [7, 11) is 0. The Bertz CT molecular complexity index is 853. The number of aromatic hydroxyl groups is 1. The minimum atomic E-state index is -1.18. The average molecular weight is 304 g/mol. The van der Waals surface area contributed by atoms with Gasteiger partial charge in [-0.05, 0) is 0 Å². The molecule has 1 heterocycles. The molecule has 4 nitrogen and oxygen atoms in total. The molecule has 5 heteroatoms. The summed E-state index contributed by atoms with van der Waals surface area (Å²) in [5.41, 5.74) is 0.457. The molecule has 0 fully saturated rings. The van der Waals surface area contributed by atoms with Gasteiger partial charge in [0.05, 0.1) is 0 Å². The summed E-state index contributed by atoms with van der Waals surface area (Å²) in [5.74, 6) is -0.283. The Morgan fingerprint density at radius 2 is 1.80 bits per heavy atom. The third-order valence-electron chi connectivity index (χ3n) is 2.99. The van der Waals surface area contributed by atoms with Crippen molar-refractivity contribution in [1.29, 1.82) is 0 Å². The molecule has 0 amide bonds. The van der Waals surface area contributed by atoms with Crippen molar-refractivity contribution in [1.82, 2.24) is 0 Å². The van der Waals surface area contributed by atoms with Gasteiger partial charge in [0.2, 0.25) is 0 Å². The zero-order valence-electron chi connectivity index (χ0n) is 10.2. The van der Waals surface area contributed by atoms with E-state index < -0.39 is 27.4 Å². The molecule has 0 atom stereocenters. The van der Waals surface area contributed by atoms with Crippen molar-refractivity contribution in [2.45, 2.75) is 0 Å². The van der Waals surface area contributed by atoms with Crippen LogP contribution in [0.1, 0.15) is 0 Å². The van der Waals surface area contributed by atoms with E-state index in [1.165, 1.54) is 6.07 Å². The number of rotatable bonds is 2. The molecule has 0 saturated carbocycles. The summed E-state index contributed by atoms with van der Waals surface area (Å²) in [6.07, 6.45) is 0. The van der Waals surface area contributed by atoms with E-state index >= 15 is 0 Å². The molecule has 0 unspecified atom stereocenters. The molecule has 0 saturated heterocycles. The van der Waals surface area contributed by atoms with E-state index in [4.69, 9.17) is 4.42 Å². The second kappa shape index (κ2) is 5.08. The van der Waals surface area contributed by atoms with Crippen LogP contribution in [0.3, 0.4) is 0 Å². The second-order valence-electron chi connectivity index (χ2n) is 4.25. The first-order valence-corrected chi connectivity index (χ1v) is 7.16. The van der Waals surface area contributed by atoms with Gasteiger partial charge in [-0.15, -0.1) is 0 Å². The Hall–Kier alpha value is -2.17. The predicted molar refractivity (Wildman–Crippen MR) is 69.9 cm³/mol. The SMILES string of the molecule is [O]=[V][c]1ccc2c(=O)c(O)c(-c3ccccc3)oc2c1. The van der Waals surface area contributed by atoms with Gasteiger partial charge < -0.3 is 0 Å². The molecule has 0 bridgehead atoms. The van der Waals surface area contributed by atoms with Crippen LogP contribution < -0.4 is 9.70 Å². The van der Waals surface area contributed by atoms with Gasteiger partial charge in [0.15, 0.2) is 0 Å². The maximum atomic E-state index is 12.1. The zero-order chi connectivity index (χ0) is 14.1. The maximum absolute atomic E-state index is 12.1. The van der Waals surface area contributed by atoms with Crippen LogP contribution in [0.4, 0.5) is 0 Å². The van der Waals surface area contributed by atoms with Gasteiger partial charge in [0.25, 0.3) is 0 Å². The number of benzene rings is 2. The Balaban J connectivity index is 2.36. The van der Waals surface area contributed by atoms with Crippen molar-refractivity contribution in [3.8, 4) is 17.1 Å². The van der Waals surface area contributed by atoms with Gasteiger partial charge in [-0.1, -0.05) is 0 Å². The minimum absolute atomic E-state index is 0.127. The van der Waals surface area contributed by atoms with Gasteiger partial charge >= 0.3 is 121 Å². The Morgan fingerprint density at radius 3 is 2.50 bits per heavy atom. The monoisotopic (exact) mass is 304 g/mol. The van der Waals surface area contributed by atoms with Crippen molar-refractivity contribution in [3.63, 3.8) is 0 Å². The first-order valence-electron chi connectivity index (χ1n) is 5.89. The first-order chi connectivity index (χ1) is 9.70. The van der Waals surface area contributed by atoms with Crippen LogP contribution in [0.2, 0.25) is 0 Å². The van der Waals surface area contributed by atoms with E-state index in [0.29, 0.717) is 15.4 Å². The number of fused-ring (bicyclic) bond motifs is 1. The van der Waals surface area contributed by atoms with Crippen molar-refractivity contribution >= 4 is 15.2 Å². The quantitative estimate of drug-likeness (QED) is 0.788. The predicted octanol–water partition coefficient (Wildman–Crippen LogP) is 2.22. The van der Waals surface area contributed by atoms with Crippen molar-refractivity contribution < 1.29 is 29.4 Å². The molecular formula is C15H9O4V. The van der Waals surface area contributed by atoms with Gasteiger partial charge in [-0.2, -0.15) is 0 Å². The molecule has 0 radical (unpaired) electrons. The molecule has 0 aliphatic carbocycles. The van der Waals surface area contributed by atoms with E-state index in [1.54, 1.807) is 36.4 Å². The van der Waals surface area contributed by atoms with E-state index in [2.05, 4.69) is 0 Å². The molecule has 1 N–H and O–H groups in total. The number of hydrogen-bond donors (Lipinski definition) is 1. The fraction of sp³-hybridized carbons (Fsp3) is 0. The Kier molecular flexibility index (Phi) is 3.26. The van der Waals surface area contributed by atoms with Gasteiger partial charge in [0, 0.05) is 0 Å². The summed E-state index contributed by atoms with van der Waals surface area (Å²) in [4.78, 5) is 12.1. The molecule has 20 heavy (non-hydrogen) atoms. The zero-order valence-corrected chi connectivity index (χ0v) is 11.6. The first kappa shape index (κ1) is 12.8. The molecule has 0 spiro atoms. The molecule has 3 aromatic rings. The Morgan fingerprint density at radius 1 is 1.05 bits per heavy atom. The molecule has 0 aliphatic heterocycles. The molecule has 2 aromatic carbocycles. The molecule has 1 aromatic heterocycles. The van der Waals surface area contributed by atoms with Crippen molar-refractivity contribution in [2.24, 2.45) is 0 Å². The van der Waals surface area contributed by atoms with E-state index in [1.807, 2.05) is 6.07 Å². The molecular weight excluding hydrogens is 295 g/mol. The van der Waals surface area contributed by atoms with Crippen LogP contribution in [0.5, 0.6) is 5.75 Å². The summed E-state index contributed by atoms with van der Waals surface area (Å²) in [6, 6.07) is 13.6. The molecule has 98 valence electrons. The third-order valence-corrected chi connectivity index (χ3v) is 3.76. The van der Waals surface area contributed by atoms with Crippen LogP contribution in [0.25, 0.3) is 22.3 Å². The van der Waals surface area contributed by atoms with Crippen molar-refractivity contribution in [3.05, 3.63) is 58.8 Å². The Labute approximate surface area is 121 Å². The van der Waals surface area contributed by atoms with Gasteiger partial charge in [0.1, 0.15) is 0 Å². The summed E-state index contributed by atoms with van der Waals surface area (Å²) < 4.78 is 17.3. The summed E-state index contributed by atoms with van der Waals surface area (Å²) in [6.45, 7) is 0. The molecule has 3 rings (SSSR count). The summed E-state index contributed by atoms with van der Waals surface area (Å²) >= 11 is -1.18. The van der Waals surface area contributed by atoms with E-state index in [-0.39, 0.29) is 11.1 Å². The standard InChI is InChI=1S/C15H9O3.O.V/c16-13-11-8-4-5-9-12(11)18-15(14(13)17)10-6-2-1-3-7-10;;/h1-4,6-9,17H;;. The molecule has 0 aliphatic rings. The van der Waals surface area contributed by atoms with Gasteiger partial charge in [-0.3, -0.25) is 0 Å². The van der Waals surface area contributed by atoms with E-state index in [0.717, 1.165) is 0 Å².